The van der Waals surface area contributed by atoms with Gasteiger partial charge in [-0.15, -0.1) is 0 Å². The summed E-state index contributed by atoms with van der Waals surface area (Å²) in [7, 11) is 1.63. The molecular weight excluding hydrogens is 326 g/mol. The van der Waals surface area contributed by atoms with Crippen molar-refractivity contribution in [3.05, 3.63) is 70.4 Å². The number of hydrogen-bond acceptors (Lipinski definition) is 2. The van der Waals surface area contributed by atoms with Gasteiger partial charge in [-0.05, 0) is 42.5 Å². The Kier molecular flexibility index (Phi) is 3.94. The number of carbonyl (C=O) groups is 1. The largest absolute Gasteiger partial charge is 0.332 e. The molecule has 1 aliphatic heterocycles. The first-order valence-corrected chi connectivity index (χ1v) is 9.03. The van der Waals surface area contributed by atoms with E-state index in [2.05, 4.69) is 48.3 Å². The maximum absolute atomic E-state index is 13.1. The molecule has 134 valence electrons. The van der Waals surface area contributed by atoms with Crippen molar-refractivity contribution in [2.75, 3.05) is 6.54 Å². The predicted octanol–water partition coefficient (Wildman–Crippen LogP) is 3.10. The molecule has 0 saturated carbocycles. The minimum atomic E-state index is -0.261. The van der Waals surface area contributed by atoms with Gasteiger partial charge in [0.25, 0.3) is 5.91 Å². The van der Waals surface area contributed by atoms with Crippen LogP contribution in [0.3, 0.4) is 0 Å². The molecular formula is C21H23N3O2. The average Bonchev–Trinajstić information content (AvgIpc) is 3.18. The van der Waals surface area contributed by atoms with E-state index in [1.807, 2.05) is 11.0 Å². The summed E-state index contributed by atoms with van der Waals surface area (Å²) in [4.78, 5) is 29.3. The Morgan fingerprint density at radius 2 is 1.96 bits per heavy atom. The fourth-order valence-corrected chi connectivity index (χ4v) is 4.19. The summed E-state index contributed by atoms with van der Waals surface area (Å²) in [5.74, 6) is -0.0777. The highest BCUT2D eigenvalue weighted by Crippen LogP contribution is 2.35. The number of rotatable bonds is 3. The number of nitrogens with one attached hydrogen (secondary N) is 1. The number of hydrogen-bond donors (Lipinski definition) is 1. The Morgan fingerprint density at radius 1 is 1.19 bits per heavy atom. The van der Waals surface area contributed by atoms with Crippen molar-refractivity contribution in [2.45, 2.75) is 31.7 Å². The van der Waals surface area contributed by atoms with Crippen molar-refractivity contribution in [3.8, 4) is 0 Å². The normalized spacial score (nSPS) is 20.0. The third kappa shape index (κ3) is 2.64. The summed E-state index contributed by atoms with van der Waals surface area (Å²) in [5.41, 5.74) is 1.16. The molecule has 1 saturated heterocycles. The van der Waals surface area contributed by atoms with Gasteiger partial charge in [0, 0.05) is 25.3 Å². The summed E-state index contributed by atoms with van der Waals surface area (Å²) in [6.45, 7) is 2.88. The van der Waals surface area contributed by atoms with Crippen LogP contribution in [0, 0.1) is 0 Å². The summed E-state index contributed by atoms with van der Waals surface area (Å²) < 4.78 is 1.39. The zero-order chi connectivity index (χ0) is 18.3. The smallest absolute Gasteiger partial charge is 0.325 e. The van der Waals surface area contributed by atoms with Crippen LogP contribution < -0.4 is 5.69 Å². The third-order valence-electron chi connectivity index (χ3n) is 5.66. The number of benzene rings is 2. The van der Waals surface area contributed by atoms with Crippen LogP contribution in [-0.2, 0) is 13.5 Å². The Balaban J connectivity index is 1.69. The minimum absolute atomic E-state index is 0.0777. The molecule has 1 fully saturated rings. The average molecular weight is 349 g/mol. The van der Waals surface area contributed by atoms with Gasteiger partial charge in [-0.3, -0.25) is 9.36 Å². The topological polar surface area (TPSA) is 58.1 Å². The zero-order valence-corrected chi connectivity index (χ0v) is 15.2. The van der Waals surface area contributed by atoms with Gasteiger partial charge < -0.3 is 9.88 Å². The first-order valence-electron chi connectivity index (χ1n) is 9.03. The lowest BCUT2D eigenvalue weighted by molar-refractivity contribution is 0.0614. The quantitative estimate of drug-likeness (QED) is 0.790. The second-order valence-electron chi connectivity index (χ2n) is 7.41. The first-order chi connectivity index (χ1) is 12.5. The minimum Gasteiger partial charge on any atom is -0.332 e. The Bertz CT molecular complexity index is 1030. The Labute approximate surface area is 152 Å². The molecule has 3 aromatic rings. The number of nitrogens with zero attached hydrogens (tertiary/aromatic N) is 2. The molecule has 0 spiro atoms. The van der Waals surface area contributed by atoms with Crippen LogP contribution in [0.25, 0.3) is 10.8 Å². The first kappa shape index (κ1) is 16.6. The van der Waals surface area contributed by atoms with Crippen molar-refractivity contribution in [1.29, 1.82) is 0 Å². The van der Waals surface area contributed by atoms with E-state index in [4.69, 9.17) is 0 Å². The SMILES string of the molecule is Cn1c(C(=O)N2CCCC2(C)Cc2cccc3ccccc23)c[nH]c1=O. The monoisotopic (exact) mass is 349 g/mol. The van der Waals surface area contributed by atoms with Gasteiger partial charge in [0.15, 0.2) is 0 Å². The summed E-state index contributed by atoms with van der Waals surface area (Å²) in [6.07, 6.45) is 4.26. The van der Waals surface area contributed by atoms with Crippen LogP contribution in [-0.4, -0.2) is 32.4 Å². The molecule has 0 bridgehead atoms. The molecule has 2 aromatic carbocycles. The molecule has 1 atom stereocenters. The second kappa shape index (κ2) is 6.16. The number of likely N-dealkylation sites (tertiary alicyclic amines) is 1. The number of carbonyl (C=O) groups excluding carboxylic acids is 1. The highest BCUT2D eigenvalue weighted by molar-refractivity contribution is 5.93. The van der Waals surface area contributed by atoms with Crippen molar-refractivity contribution in [1.82, 2.24) is 14.5 Å². The molecule has 26 heavy (non-hydrogen) atoms. The molecule has 0 aliphatic carbocycles. The fraction of sp³-hybridized carbons (Fsp3) is 0.333. The highest BCUT2D eigenvalue weighted by Gasteiger charge is 2.40. The van der Waals surface area contributed by atoms with E-state index in [1.54, 1.807) is 7.05 Å². The maximum atomic E-state index is 13.1. The molecule has 5 heteroatoms. The fourth-order valence-electron chi connectivity index (χ4n) is 4.19. The predicted molar refractivity (Wildman–Crippen MR) is 102 cm³/mol. The molecule has 1 aromatic heterocycles. The third-order valence-corrected chi connectivity index (χ3v) is 5.66. The van der Waals surface area contributed by atoms with Crippen molar-refractivity contribution < 1.29 is 4.79 Å². The molecule has 1 N–H and O–H groups in total. The Hall–Kier alpha value is -2.82. The molecule has 0 radical (unpaired) electrons. The summed E-state index contributed by atoms with van der Waals surface area (Å²) in [5, 5.41) is 2.46. The van der Waals surface area contributed by atoms with Gasteiger partial charge in [0.05, 0.1) is 0 Å². The van der Waals surface area contributed by atoms with Gasteiger partial charge in [-0.1, -0.05) is 42.5 Å². The van der Waals surface area contributed by atoms with E-state index in [0.29, 0.717) is 5.69 Å². The van der Waals surface area contributed by atoms with Crippen LogP contribution in [0.4, 0.5) is 0 Å². The number of imidazole rings is 1. The number of fused-ring (bicyclic) bond motifs is 1. The van der Waals surface area contributed by atoms with Crippen LogP contribution in [0.2, 0.25) is 0 Å². The second-order valence-corrected chi connectivity index (χ2v) is 7.41. The maximum Gasteiger partial charge on any atom is 0.325 e. The number of H-pyrrole nitrogens is 1. The number of aromatic amines is 1. The number of aromatic nitrogens is 2. The zero-order valence-electron chi connectivity index (χ0n) is 15.2. The molecule has 5 nitrogen and oxygen atoms in total. The molecule has 1 aliphatic rings. The lowest BCUT2D eigenvalue weighted by Crippen LogP contribution is -2.47. The van der Waals surface area contributed by atoms with Crippen molar-refractivity contribution >= 4 is 16.7 Å². The molecule has 4 rings (SSSR count). The van der Waals surface area contributed by atoms with E-state index in [-0.39, 0.29) is 17.1 Å². The van der Waals surface area contributed by atoms with E-state index in [9.17, 15) is 9.59 Å². The number of amides is 1. The van der Waals surface area contributed by atoms with Gasteiger partial charge in [-0.2, -0.15) is 0 Å². The molecule has 1 amide bonds. The van der Waals surface area contributed by atoms with Crippen LogP contribution >= 0.6 is 0 Å². The summed E-state index contributed by atoms with van der Waals surface area (Å²) >= 11 is 0. The standard InChI is InChI=1S/C21H23N3O2/c1-21(13-16-9-5-8-15-7-3-4-10-17(15)16)11-6-12-24(21)19(25)18-14-22-20(26)23(18)2/h3-5,7-10,14H,6,11-13H2,1-2H3,(H,22,26). The van der Waals surface area contributed by atoms with Gasteiger partial charge in [-0.25, -0.2) is 4.79 Å². The van der Waals surface area contributed by atoms with E-state index in [0.717, 1.165) is 25.8 Å². The summed E-state index contributed by atoms with van der Waals surface area (Å²) in [6, 6.07) is 14.7. The van der Waals surface area contributed by atoms with E-state index >= 15 is 0 Å². The lowest BCUT2D eigenvalue weighted by Gasteiger charge is -2.36. The van der Waals surface area contributed by atoms with Crippen LogP contribution in [0.5, 0.6) is 0 Å². The highest BCUT2D eigenvalue weighted by atomic mass is 16.2. The van der Waals surface area contributed by atoms with Gasteiger partial charge in [0.2, 0.25) is 0 Å². The Morgan fingerprint density at radius 3 is 2.73 bits per heavy atom. The van der Waals surface area contributed by atoms with Crippen LogP contribution in [0.15, 0.2) is 53.5 Å². The van der Waals surface area contributed by atoms with Gasteiger partial charge >= 0.3 is 5.69 Å². The van der Waals surface area contributed by atoms with Crippen LogP contribution in [0.1, 0.15) is 35.8 Å². The van der Waals surface area contributed by atoms with E-state index in [1.165, 1.54) is 27.1 Å². The molecule has 2 heterocycles. The van der Waals surface area contributed by atoms with Crippen molar-refractivity contribution in [3.63, 3.8) is 0 Å². The van der Waals surface area contributed by atoms with Gasteiger partial charge in [0.1, 0.15) is 5.69 Å². The lowest BCUT2D eigenvalue weighted by atomic mass is 9.87. The van der Waals surface area contributed by atoms with E-state index < -0.39 is 0 Å². The molecule has 1 unspecified atom stereocenters. The van der Waals surface area contributed by atoms with Crippen molar-refractivity contribution in [2.24, 2.45) is 7.05 Å².